The molecule has 10 heteroatoms. The summed E-state index contributed by atoms with van der Waals surface area (Å²) < 4.78 is 12.8. The van der Waals surface area contributed by atoms with E-state index < -0.39 is 0 Å². The molecule has 1 amide bonds. The summed E-state index contributed by atoms with van der Waals surface area (Å²) >= 11 is 7.26. The molecule has 8 nitrogen and oxygen atoms in total. The highest BCUT2D eigenvalue weighted by atomic mass is 35.5. The Morgan fingerprint density at radius 1 is 1.19 bits per heavy atom. The number of hydrogen-bond acceptors (Lipinski definition) is 7. The Bertz CT molecular complexity index is 1090. The minimum absolute atomic E-state index is 0.155. The number of rotatable bonds is 10. The van der Waals surface area contributed by atoms with Gasteiger partial charge >= 0.3 is 0 Å². The average Bonchev–Trinajstić information content (AvgIpc) is 3.22. The monoisotopic (exact) mass is 473 g/mol. The number of nitrogens with zero attached hydrogens (tertiary/aromatic N) is 4. The van der Waals surface area contributed by atoms with Crippen molar-refractivity contribution in [3.63, 3.8) is 0 Å². The van der Waals surface area contributed by atoms with Crippen molar-refractivity contribution in [3.05, 3.63) is 53.1 Å². The molecule has 0 bridgehead atoms. The summed E-state index contributed by atoms with van der Waals surface area (Å²) in [6, 6.07) is 12.8. The lowest BCUT2D eigenvalue weighted by Gasteiger charge is -2.09. The van der Waals surface area contributed by atoms with Crippen LogP contribution < -0.4 is 14.9 Å². The molecule has 0 spiro atoms. The van der Waals surface area contributed by atoms with Crippen molar-refractivity contribution in [3.8, 4) is 22.9 Å². The van der Waals surface area contributed by atoms with Crippen molar-refractivity contribution in [1.82, 2.24) is 20.2 Å². The number of ether oxygens (including phenoxy) is 2. The van der Waals surface area contributed by atoms with Gasteiger partial charge in [-0.1, -0.05) is 23.4 Å². The van der Waals surface area contributed by atoms with E-state index in [2.05, 4.69) is 20.7 Å². The molecule has 1 aromatic heterocycles. The third-order valence-electron chi connectivity index (χ3n) is 4.36. The Balaban J connectivity index is 1.58. The highest BCUT2D eigenvalue weighted by molar-refractivity contribution is 7.99. The molecule has 0 fully saturated rings. The van der Waals surface area contributed by atoms with Crippen LogP contribution in [0.3, 0.4) is 0 Å². The van der Waals surface area contributed by atoms with E-state index in [-0.39, 0.29) is 11.7 Å². The van der Waals surface area contributed by atoms with E-state index in [4.69, 9.17) is 21.1 Å². The van der Waals surface area contributed by atoms with Gasteiger partial charge in [0.2, 0.25) is 0 Å². The number of hydrogen-bond donors (Lipinski definition) is 1. The number of carbonyl (C=O) groups excluding carboxylic acids is 1. The summed E-state index contributed by atoms with van der Waals surface area (Å²) in [6.07, 6.45) is 1.55. The summed E-state index contributed by atoms with van der Waals surface area (Å²) in [7, 11) is 1.57. The van der Waals surface area contributed by atoms with Gasteiger partial charge in [-0.15, -0.1) is 10.2 Å². The maximum atomic E-state index is 12.2. The molecule has 1 heterocycles. The van der Waals surface area contributed by atoms with Crippen molar-refractivity contribution >= 4 is 35.5 Å². The largest absolute Gasteiger partial charge is 0.493 e. The molecule has 0 aliphatic heterocycles. The van der Waals surface area contributed by atoms with Crippen molar-refractivity contribution in [2.24, 2.45) is 5.10 Å². The van der Waals surface area contributed by atoms with Crippen LogP contribution in [0.25, 0.3) is 11.4 Å². The number of methoxy groups -OCH3 is 1. The second-order valence-corrected chi connectivity index (χ2v) is 7.86. The Kier molecular flexibility index (Phi) is 8.52. The van der Waals surface area contributed by atoms with Crippen LogP contribution in [0.15, 0.2) is 52.7 Å². The van der Waals surface area contributed by atoms with Crippen LogP contribution in [0.2, 0.25) is 5.02 Å². The van der Waals surface area contributed by atoms with Crippen molar-refractivity contribution in [2.45, 2.75) is 25.5 Å². The van der Waals surface area contributed by atoms with Gasteiger partial charge in [0.05, 0.1) is 25.7 Å². The standard InChI is InChI=1S/C22H24ClN5O3S/c1-4-28-21(16-7-9-17(23)10-8-16)26-27-22(28)32-14-20(29)25-24-13-15-6-11-18(31-5-2)19(12-15)30-3/h6-13H,4-5,14H2,1-3H3,(H,25,29)/b24-13-. The van der Waals surface area contributed by atoms with E-state index in [1.165, 1.54) is 11.8 Å². The summed E-state index contributed by atoms with van der Waals surface area (Å²) in [4.78, 5) is 12.2. The molecule has 2 aromatic carbocycles. The van der Waals surface area contributed by atoms with Crippen molar-refractivity contribution < 1.29 is 14.3 Å². The van der Waals surface area contributed by atoms with E-state index in [0.29, 0.717) is 34.8 Å². The van der Waals surface area contributed by atoms with Crippen molar-refractivity contribution in [2.75, 3.05) is 19.5 Å². The number of nitrogens with one attached hydrogen (secondary N) is 1. The van der Waals surface area contributed by atoms with Gasteiger partial charge in [-0.25, -0.2) is 5.43 Å². The van der Waals surface area contributed by atoms with Crippen molar-refractivity contribution in [1.29, 1.82) is 0 Å². The van der Waals surface area contributed by atoms with E-state index in [0.717, 1.165) is 17.0 Å². The smallest absolute Gasteiger partial charge is 0.250 e. The van der Waals surface area contributed by atoms with Crippen LogP contribution in [0, 0.1) is 0 Å². The molecule has 0 aliphatic rings. The van der Waals surface area contributed by atoms with Gasteiger partial charge in [-0.05, 0) is 61.9 Å². The maximum Gasteiger partial charge on any atom is 0.250 e. The molecule has 32 heavy (non-hydrogen) atoms. The van der Waals surface area contributed by atoms with Gasteiger partial charge in [0, 0.05) is 17.1 Å². The van der Waals surface area contributed by atoms with Crippen LogP contribution in [-0.2, 0) is 11.3 Å². The molecule has 0 aliphatic carbocycles. The molecule has 3 aromatic rings. The maximum absolute atomic E-state index is 12.2. The van der Waals surface area contributed by atoms with Crippen LogP contribution in [0.5, 0.6) is 11.5 Å². The number of halogens is 1. The summed E-state index contributed by atoms with van der Waals surface area (Å²) in [6.45, 7) is 5.13. The van der Waals surface area contributed by atoms with Gasteiger partial charge in [-0.3, -0.25) is 4.79 Å². The summed E-state index contributed by atoms with van der Waals surface area (Å²) in [5, 5.41) is 13.8. The number of hydrazone groups is 1. The molecule has 1 N–H and O–H groups in total. The molecular formula is C22H24ClN5O3S. The number of amides is 1. The minimum atomic E-state index is -0.247. The zero-order valence-electron chi connectivity index (χ0n) is 18.0. The number of carbonyl (C=O) groups is 1. The van der Waals surface area contributed by atoms with Crippen LogP contribution in [0.4, 0.5) is 0 Å². The SMILES string of the molecule is CCOc1ccc(/C=N\NC(=O)CSc2nnc(-c3ccc(Cl)cc3)n2CC)cc1OC. The lowest BCUT2D eigenvalue weighted by molar-refractivity contribution is -0.118. The Hall–Kier alpha value is -3.04. The topological polar surface area (TPSA) is 90.6 Å². The molecule has 0 radical (unpaired) electrons. The van der Waals surface area contributed by atoms with Crippen LogP contribution >= 0.6 is 23.4 Å². The first-order chi connectivity index (χ1) is 15.5. The Morgan fingerprint density at radius 3 is 2.66 bits per heavy atom. The van der Waals surface area contributed by atoms with Crippen LogP contribution in [-0.4, -0.2) is 46.4 Å². The third-order valence-corrected chi connectivity index (χ3v) is 5.58. The first kappa shape index (κ1) is 23.6. The van der Waals surface area contributed by atoms with Gasteiger partial charge < -0.3 is 14.0 Å². The fraction of sp³-hybridized carbons (Fsp3) is 0.273. The highest BCUT2D eigenvalue weighted by Gasteiger charge is 2.14. The predicted octanol–water partition coefficient (Wildman–Crippen LogP) is 4.27. The van der Waals surface area contributed by atoms with Crippen LogP contribution in [0.1, 0.15) is 19.4 Å². The predicted molar refractivity (Wildman–Crippen MR) is 127 cm³/mol. The number of aromatic nitrogens is 3. The van der Waals surface area contributed by atoms with Gasteiger partial charge in [0.1, 0.15) is 0 Å². The lowest BCUT2D eigenvalue weighted by Crippen LogP contribution is -2.20. The molecule has 0 saturated heterocycles. The van der Waals surface area contributed by atoms with E-state index in [1.54, 1.807) is 25.5 Å². The van der Waals surface area contributed by atoms with Gasteiger partial charge in [-0.2, -0.15) is 5.10 Å². The molecule has 0 unspecified atom stereocenters. The van der Waals surface area contributed by atoms with Gasteiger partial charge in [0.15, 0.2) is 22.5 Å². The first-order valence-corrected chi connectivity index (χ1v) is 11.4. The zero-order valence-corrected chi connectivity index (χ0v) is 19.6. The molecule has 3 rings (SSSR count). The lowest BCUT2D eigenvalue weighted by atomic mass is 10.2. The van der Waals surface area contributed by atoms with E-state index in [9.17, 15) is 4.79 Å². The molecule has 0 saturated carbocycles. The van der Waals surface area contributed by atoms with E-state index >= 15 is 0 Å². The Labute approximate surface area is 196 Å². The quantitative estimate of drug-likeness (QED) is 0.268. The second kappa shape index (κ2) is 11.5. The minimum Gasteiger partial charge on any atom is -0.493 e. The highest BCUT2D eigenvalue weighted by Crippen LogP contribution is 2.27. The first-order valence-electron chi connectivity index (χ1n) is 10.00. The summed E-state index contributed by atoms with van der Waals surface area (Å²) in [5.74, 6) is 1.90. The summed E-state index contributed by atoms with van der Waals surface area (Å²) in [5.41, 5.74) is 4.21. The Morgan fingerprint density at radius 2 is 1.97 bits per heavy atom. The number of thioether (sulfide) groups is 1. The van der Waals surface area contributed by atoms with E-state index in [1.807, 2.05) is 48.7 Å². The normalized spacial score (nSPS) is 11.0. The fourth-order valence-corrected chi connectivity index (χ4v) is 3.79. The average molecular weight is 474 g/mol. The second-order valence-electron chi connectivity index (χ2n) is 6.48. The third kappa shape index (κ3) is 6.02. The number of benzene rings is 2. The fourth-order valence-electron chi connectivity index (χ4n) is 2.87. The zero-order chi connectivity index (χ0) is 22.9. The van der Waals surface area contributed by atoms with Gasteiger partial charge in [0.25, 0.3) is 5.91 Å². The molecule has 168 valence electrons. The molecular weight excluding hydrogens is 450 g/mol. The molecule has 0 atom stereocenters.